The Hall–Kier alpha value is -2.38. The molecule has 2 aromatic rings. The highest BCUT2D eigenvalue weighted by Gasteiger charge is 2.33. The number of carbonyl (C=O) groups is 1. The molecule has 0 spiro atoms. The predicted molar refractivity (Wildman–Crippen MR) is 119 cm³/mol. The lowest BCUT2D eigenvalue weighted by atomic mass is 10.00. The molecular weight excluding hydrogens is 416 g/mol. The first-order valence-corrected chi connectivity index (χ1v) is 11.0. The number of nitrogens with zero attached hydrogens (tertiary/aromatic N) is 2. The van der Waals surface area contributed by atoms with Gasteiger partial charge in [-0.3, -0.25) is 14.6 Å². The van der Waals surface area contributed by atoms with Crippen LogP contribution in [-0.4, -0.2) is 61.7 Å². The summed E-state index contributed by atoms with van der Waals surface area (Å²) in [7, 11) is 0. The quantitative estimate of drug-likeness (QED) is 0.675. The molecule has 5 rings (SSSR count). The molecule has 0 N–H and O–H groups in total. The molecule has 0 atom stereocenters. The first-order valence-electron chi connectivity index (χ1n) is 10.6. The van der Waals surface area contributed by atoms with Crippen LogP contribution in [0.1, 0.15) is 27.0 Å². The lowest BCUT2D eigenvalue weighted by Gasteiger charge is -2.33. The van der Waals surface area contributed by atoms with Gasteiger partial charge in [0.15, 0.2) is 5.76 Å². The smallest absolute Gasteiger partial charge is 0.231 e. The Bertz CT molecular complexity index is 1050. The Balaban J connectivity index is 1.35. The maximum atomic E-state index is 13.1. The van der Waals surface area contributed by atoms with Crippen molar-refractivity contribution in [1.29, 1.82) is 0 Å². The maximum absolute atomic E-state index is 13.1. The molecule has 1 saturated heterocycles. The van der Waals surface area contributed by atoms with E-state index in [-0.39, 0.29) is 11.5 Å². The molecule has 1 fully saturated rings. The van der Waals surface area contributed by atoms with E-state index in [4.69, 9.17) is 25.8 Å². The number of allylic oxidation sites excluding steroid dienone is 1. The number of benzene rings is 2. The third-order valence-electron chi connectivity index (χ3n) is 6.03. The number of ether oxygens (including phenoxy) is 3. The number of hydrogen-bond donors (Lipinski definition) is 0. The minimum Gasteiger partial charge on any atom is -0.477 e. The molecule has 6 nitrogen and oxygen atoms in total. The Labute approximate surface area is 186 Å². The highest BCUT2D eigenvalue weighted by Crippen LogP contribution is 2.43. The zero-order valence-corrected chi connectivity index (χ0v) is 18.3. The summed E-state index contributed by atoms with van der Waals surface area (Å²) >= 11 is 6.25. The van der Waals surface area contributed by atoms with E-state index in [1.165, 1.54) is 0 Å². The van der Waals surface area contributed by atoms with Crippen LogP contribution in [0.5, 0.6) is 11.5 Å². The normalized spacial score (nSPS) is 20.3. The van der Waals surface area contributed by atoms with Crippen molar-refractivity contribution in [1.82, 2.24) is 9.80 Å². The number of fused-ring (bicyclic) bond motifs is 2. The second-order valence-electron chi connectivity index (χ2n) is 8.11. The number of hydrogen-bond acceptors (Lipinski definition) is 6. The van der Waals surface area contributed by atoms with Crippen LogP contribution in [0.25, 0.3) is 6.08 Å². The van der Waals surface area contributed by atoms with Crippen molar-refractivity contribution in [2.24, 2.45) is 0 Å². The molecule has 3 heterocycles. The third kappa shape index (κ3) is 4.08. The molecule has 0 saturated carbocycles. The predicted octanol–water partition coefficient (Wildman–Crippen LogP) is 3.75. The zero-order chi connectivity index (χ0) is 21.4. The van der Waals surface area contributed by atoms with Crippen molar-refractivity contribution in [3.8, 4) is 11.5 Å². The summed E-state index contributed by atoms with van der Waals surface area (Å²) in [6, 6.07) is 9.32. The van der Waals surface area contributed by atoms with Crippen LogP contribution >= 0.6 is 11.6 Å². The van der Waals surface area contributed by atoms with E-state index in [9.17, 15) is 4.79 Å². The standard InChI is InChI=1S/C24H25ClN2O4/c1-16-23-18(14-27(15-30-23)7-6-26-8-10-29-11-9-26)12-19-22(28)21(31-24(16)19)13-17-4-2-3-5-20(17)25/h2-5,12-13H,6-11,14-15H2,1H3/b21-13-. The number of morpholine rings is 1. The van der Waals surface area contributed by atoms with E-state index in [0.717, 1.165) is 68.4 Å². The molecule has 31 heavy (non-hydrogen) atoms. The summed E-state index contributed by atoms with van der Waals surface area (Å²) < 4.78 is 17.5. The maximum Gasteiger partial charge on any atom is 0.231 e. The van der Waals surface area contributed by atoms with Gasteiger partial charge in [0.2, 0.25) is 5.78 Å². The minimum absolute atomic E-state index is 0.119. The number of ketones is 1. The fraction of sp³-hybridized carbons (Fsp3) is 0.375. The second kappa shape index (κ2) is 8.63. The largest absolute Gasteiger partial charge is 0.477 e. The van der Waals surface area contributed by atoms with Crippen LogP contribution in [0, 0.1) is 6.92 Å². The monoisotopic (exact) mass is 440 g/mol. The van der Waals surface area contributed by atoms with E-state index in [1.807, 2.05) is 31.2 Å². The van der Waals surface area contributed by atoms with E-state index in [0.29, 0.717) is 23.1 Å². The van der Waals surface area contributed by atoms with Crippen LogP contribution in [0.3, 0.4) is 0 Å². The summed E-state index contributed by atoms with van der Waals surface area (Å²) in [4.78, 5) is 17.7. The van der Waals surface area contributed by atoms with Gasteiger partial charge >= 0.3 is 0 Å². The first kappa shape index (κ1) is 20.5. The molecule has 2 aromatic carbocycles. The van der Waals surface area contributed by atoms with Gasteiger partial charge in [-0.1, -0.05) is 29.8 Å². The van der Waals surface area contributed by atoms with Crippen LogP contribution in [-0.2, 0) is 11.3 Å². The molecule has 0 radical (unpaired) electrons. The van der Waals surface area contributed by atoms with E-state index >= 15 is 0 Å². The summed E-state index contributed by atoms with van der Waals surface area (Å²) in [5.41, 5.74) is 3.25. The molecular formula is C24H25ClN2O4. The van der Waals surface area contributed by atoms with Gasteiger partial charge in [0.05, 0.1) is 18.8 Å². The highest BCUT2D eigenvalue weighted by atomic mass is 35.5. The highest BCUT2D eigenvalue weighted by molar-refractivity contribution is 6.32. The first-order chi connectivity index (χ1) is 15.1. The van der Waals surface area contributed by atoms with Gasteiger partial charge in [-0.05, 0) is 30.7 Å². The Morgan fingerprint density at radius 1 is 1.10 bits per heavy atom. The van der Waals surface area contributed by atoms with Gasteiger partial charge < -0.3 is 14.2 Å². The Kier molecular flexibility index (Phi) is 5.71. The zero-order valence-electron chi connectivity index (χ0n) is 17.5. The summed E-state index contributed by atoms with van der Waals surface area (Å²) in [5, 5.41) is 0.581. The van der Waals surface area contributed by atoms with Crippen molar-refractivity contribution in [3.63, 3.8) is 0 Å². The Morgan fingerprint density at radius 2 is 1.87 bits per heavy atom. The van der Waals surface area contributed by atoms with Gasteiger partial charge in [0, 0.05) is 48.9 Å². The van der Waals surface area contributed by atoms with Gasteiger partial charge in [0.25, 0.3) is 0 Å². The van der Waals surface area contributed by atoms with Gasteiger partial charge in [-0.15, -0.1) is 0 Å². The molecule has 0 aromatic heterocycles. The molecule has 3 aliphatic rings. The topological polar surface area (TPSA) is 51.2 Å². The number of Topliss-reactive ketones (excluding diaryl/α,β-unsaturated/α-hetero) is 1. The lowest BCUT2D eigenvalue weighted by Crippen LogP contribution is -2.43. The van der Waals surface area contributed by atoms with Crippen molar-refractivity contribution < 1.29 is 19.0 Å². The van der Waals surface area contributed by atoms with Crippen LogP contribution in [0.15, 0.2) is 36.1 Å². The minimum atomic E-state index is -0.119. The van der Waals surface area contributed by atoms with E-state index in [1.54, 1.807) is 12.1 Å². The van der Waals surface area contributed by atoms with Gasteiger partial charge in [-0.25, -0.2) is 0 Å². The summed E-state index contributed by atoms with van der Waals surface area (Å²) in [6.45, 7) is 8.70. The average molecular weight is 441 g/mol. The molecule has 0 unspecified atom stereocenters. The van der Waals surface area contributed by atoms with Crippen LogP contribution < -0.4 is 9.47 Å². The van der Waals surface area contributed by atoms with Crippen molar-refractivity contribution in [2.45, 2.75) is 13.5 Å². The molecule has 0 amide bonds. The average Bonchev–Trinajstić information content (AvgIpc) is 3.10. The van der Waals surface area contributed by atoms with Crippen molar-refractivity contribution >= 4 is 23.5 Å². The molecule has 3 aliphatic heterocycles. The van der Waals surface area contributed by atoms with Crippen LogP contribution in [0.2, 0.25) is 5.02 Å². The molecule has 0 aliphatic carbocycles. The van der Waals surface area contributed by atoms with Gasteiger partial charge in [-0.2, -0.15) is 0 Å². The molecule has 0 bridgehead atoms. The van der Waals surface area contributed by atoms with E-state index < -0.39 is 0 Å². The summed E-state index contributed by atoms with van der Waals surface area (Å²) in [5.74, 6) is 1.58. The number of carbonyl (C=O) groups excluding carboxylic acids is 1. The fourth-order valence-corrected chi connectivity index (χ4v) is 4.47. The number of rotatable bonds is 4. The van der Waals surface area contributed by atoms with Crippen LogP contribution in [0.4, 0.5) is 0 Å². The molecule has 7 heteroatoms. The van der Waals surface area contributed by atoms with Crippen molar-refractivity contribution in [2.75, 3.05) is 46.1 Å². The third-order valence-corrected chi connectivity index (χ3v) is 6.37. The van der Waals surface area contributed by atoms with Crippen molar-refractivity contribution in [3.05, 3.63) is 63.4 Å². The summed E-state index contributed by atoms with van der Waals surface area (Å²) in [6.07, 6.45) is 1.71. The SMILES string of the molecule is Cc1c2c(cc3c1O/C(=C\c1ccccc1Cl)C3=O)CN(CCN1CCOCC1)CO2. The number of halogens is 1. The molecule has 162 valence electrons. The second-order valence-corrected chi connectivity index (χ2v) is 8.51. The lowest BCUT2D eigenvalue weighted by molar-refractivity contribution is 0.0239. The van der Waals surface area contributed by atoms with Gasteiger partial charge in [0.1, 0.15) is 18.2 Å². The Morgan fingerprint density at radius 3 is 2.68 bits per heavy atom. The fourth-order valence-electron chi connectivity index (χ4n) is 4.28. The van der Waals surface area contributed by atoms with E-state index in [2.05, 4.69) is 9.80 Å².